The Bertz CT molecular complexity index is 362. The van der Waals surface area contributed by atoms with Crippen LogP contribution in [0.3, 0.4) is 0 Å². The monoisotopic (exact) mass is 212 g/mol. The number of H-pyrrole nitrogens is 1. The van der Waals surface area contributed by atoms with Gasteiger partial charge in [-0.25, -0.2) is 4.98 Å². The van der Waals surface area contributed by atoms with Crippen molar-refractivity contribution in [1.29, 1.82) is 0 Å². The van der Waals surface area contributed by atoms with Gasteiger partial charge in [-0.2, -0.15) is 4.39 Å². The summed E-state index contributed by atoms with van der Waals surface area (Å²) in [7, 11) is -0.577. The first-order valence-electron chi connectivity index (χ1n) is 4.88. The van der Waals surface area contributed by atoms with Crippen LogP contribution in [-0.4, -0.2) is 28.3 Å². The largest absolute Gasteiger partial charge is 0.513 e. The molecule has 1 aromatic rings. The van der Waals surface area contributed by atoms with Crippen molar-refractivity contribution in [2.75, 3.05) is 0 Å². The number of imidazole rings is 1. The number of nitrogens with one attached hydrogen (secondary N) is 1. The van der Waals surface area contributed by atoms with Crippen LogP contribution in [0.5, 0.6) is 0 Å². The average molecular weight is 212 g/mol. The van der Waals surface area contributed by atoms with Crippen LogP contribution in [0.15, 0.2) is 6.20 Å². The summed E-state index contributed by atoms with van der Waals surface area (Å²) in [4.78, 5) is 5.94. The molecule has 0 saturated carbocycles. The molecule has 15 heavy (non-hydrogen) atoms. The molecule has 4 nitrogen and oxygen atoms in total. The lowest BCUT2D eigenvalue weighted by Gasteiger charge is -2.32. The smallest absolute Gasteiger partial charge is 0.398 e. The quantitative estimate of drug-likeness (QED) is 0.702. The van der Waals surface area contributed by atoms with Gasteiger partial charge in [-0.1, -0.05) is 0 Å². The summed E-state index contributed by atoms with van der Waals surface area (Å²) in [6.07, 6.45) is 0.761. The Balaban J connectivity index is 2.23. The predicted octanol–water partition coefficient (Wildman–Crippen LogP) is 0.848. The van der Waals surface area contributed by atoms with Gasteiger partial charge >= 0.3 is 7.12 Å². The van der Waals surface area contributed by atoms with Crippen molar-refractivity contribution in [1.82, 2.24) is 9.97 Å². The molecule has 0 aromatic carbocycles. The van der Waals surface area contributed by atoms with E-state index >= 15 is 0 Å². The highest BCUT2D eigenvalue weighted by Gasteiger charge is 2.52. The molecule has 0 amide bonds. The van der Waals surface area contributed by atoms with E-state index < -0.39 is 24.4 Å². The van der Waals surface area contributed by atoms with E-state index in [9.17, 15) is 4.39 Å². The van der Waals surface area contributed by atoms with Gasteiger partial charge in [0.2, 0.25) is 0 Å². The fraction of sp³-hybridized carbons (Fsp3) is 0.667. The topological polar surface area (TPSA) is 47.1 Å². The lowest BCUT2D eigenvalue weighted by Crippen LogP contribution is -2.41. The molecule has 1 aromatic heterocycles. The van der Waals surface area contributed by atoms with Crippen molar-refractivity contribution in [3.05, 3.63) is 12.3 Å². The molecule has 0 aliphatic carbocycles. The lowest BCUT2D eigenvalue weighted by molar-refractivity contribution is 0.00578. The molecule has 1 N–H and O–H groups in total. The van der Waals surface area contributed by atoms with Gasteiger partial charge in [0.1, 0.15) is 0 Å². The third-order valence-electron chi connectivity index (χ3n) is 3.07. The molecule has 0 unspecified atom stereocenters. The second-order valence-corrected chi connectivity index (χ2v) is 4.72. The van der Waals surface area contributed by atoms with Crippen LogP contribution in [0.25, 0.3) is 0 Å². The maximum Gasteiger partial charge on any atom is 0.513 e. The van der Waals surface area contributed by atoms with Gasteiger partial charge in [0, 0.05) is 6.20 Å². The Morgan fingerprint density at radius 3 is 2.20 bits per heavy atom. The van der Waals surface area contributed by atoms with Crippen molar-refractivity contribution in [3.8, 4) is 0 Å². The van der Waals surface area contributed by atoms with Gasteiger partial charge in [-0.05, 0) is 27.7 Å². The van der Waals surface area contributed by atoms with Gasteiger partial charge in [0.15, 0.2) is 0 Å². The summed E-state index contributed by atoms with van der Waals surface area (Å²) >= 11 is 0. The highest BCUT2D eigenvalue weighted by molar-refractivity contribution is 6.61. The normalized spacial score (nSPS) is 23.4. The molecule has 1 fully saturated rings. The van der Waals surface area contributed by atoms with Crippen molar-refractivity contribution >= 4 is 12.7 Å². The maximum atomic E-state index is 12.7. The Labute approximate surface area is 88.3 Å². The van der Waals surface area contributed by atoms with E-state index in [1.165, 1.54) is 6.20 Å². The number of nitrogens with zero attached hydrogens (tertiary/aromatic N) is 1. The van der Waals surface area contributed by atoms with E-state index in [-0.39, 0.29) is 0 Å². The summed E-state index contributed by atoms with van der Waals surface area (Å²) in [5.74, 6) is 0. The molecule has 1 aliphatic heterocycles. The second kappa shape index (κ2) is 3.06. The van der Waals surface area contributed by atoms with E-state index in [4.69, 9.17) is 9.31 Å². The summed E-state index contributed by atoms with van der Waals surface area (Å²) in [6, 6.07) is 0. The third-order valence-corrected chi connectivity index (χ3v) is 3.07. The van der Waals surface area contributed by atoms with E-state index in [1.807, 2.05) is 27.7 Å². The molecular formula is C9H14BFN2O2. The molecule has 0 bridgehead atoms. The Morgan fingerprint density at radius 1 is 1.27 bits per heavy atom. The number of halogens is 1. The van der Waals surface area contributed by atoms with Crippen LogP contribution in [-0.2, 0) is 9.31 Å². The molecule has 2 rings (SSSR count). The van der Waals surface area contributed by atoms with Crippen molar-refractivity contribution < 1.29 is 13.7 Å². The zero-order valence-electron chi connectivity index (χ0n) is 9.30. The summed E-state index contributed by atoms with van der Waals surface area (Å²) < 4.78 is 24.1. The third kappa shape index (κ3) is 1.68. The van der Waals surface area contributed by atoms with Crippen LogP contribution in [0, 0.1) is 6.08 Å². The molecule has 6 heteroatoms. The minimum Gasteiger partial charge on any atom is -0.398 e. The predicted molar refractivity (Wildman–Crippen MR) is 54.3 cm³/mol. The minimum atomic E-state index is -0.625. The van der Waals surface area contributed by atoms with Crippen LogP contribution >= 0.6 is 0 Å². The summed E-state index contributed by atoms with van der Waals surface area (Å²) in [5, 5.41) is 0. The van der Waals surface area contributed by atoms with Crippen LogP contribution < -0.4 is 5.59 Å². The number of hydrogen-bond acceptors (Lipinski definition) is 3. The fourth-order valence-corrected chi connectivity index (χ4v) is 1.40. The molecular weight excluding hydrogens is 198 g/mol. The van der Waals surface area contributed by atoms with E-state index in [0.717, 1.165) is 0 Å². The number of aromatic amines is 1. The molecule has 2 heterocycles. The van der Waals surface area contributed by atoms with Gasteiger partial charge in [0.05, 0.1) is 16.8 Å². The van der Waals surface area contributed by atoms with Gasteiger partial charge in [0.25, 0.3) is 6.08 Å². The molecule has 82 valence electrons. The average Bonchev–Trinajstić information content (AvgIpc) is 2.56. The summed E-state index contributed by atoms with van der Waals surface area (Å²) in [6.45, 7) is 7.78. The van der Waals surface area contributed by atoms with Gasteiger partial charge in [-0.3, -0.25) is 0 Å². The molecule has 0 spiro atoms. The fourth-order valence-electron chi connectivity index (χ4n) is 1.40. The van der Waals surface area contributed by atoms with E-state index in [0.29, 0.717) is 5.59 Å². The highest BCUT2D eigenvalue weighted by Crippen LogP contribution is 2.36. The first kappa shape index (κ1) is 10.6. The van der Waals surface area contributed by atoms with Crippen LogP contribution in [0.4, 0.5) is 4.39 Å². The van der Waals surface area contributed by atoms with Crippen LogP contribution in [0.1, 0.15) is 27.7 Å². The first-order chi connectivity index (χ1) is 6.82. The van der Waals surface area contributed by atoms with Gasteiger partial charge in [-0.15, -0.1) is 0 Å². The zero-order valence-corrected chi connectivity index (χ0v) is 9.30. The SMILES string of the molecule is CC1(C)OB(c2cnc(F)[nH]2)OC1(C)C. The Kier molecular flexibility index (Phi) is 2.17. The van der Waals surface area contributed by atoms with E-state index in [2.05, 4.69) is 9.97 Å². The number of hydrogen-bond donors (Lipinski definition) is 1. The Hall–Kier alpha value is -0.875. The highest BCUT2D eigenvalue weighted by atomic mass is 19.1. The van der Waals surface area contributed by atoms with Crippen molar-refractivity contribution in [2.24, 2.45) is 0 Å². The minimum absolute atomic E-state index is 0.417. The first-order valence-corrected chi connectivity index (χ1v) is 4.88. The molecule has 1 saturated heterocycles. The number of aromatic nitrogens is 2. The van der Waals surface area contributed by atoms with Gasteiger partial charge < -0.3 is 14.3 Å². The van der Waals surface area contributed by atoms with E-state index in [1.54, 1.807) is 0 Å². The zero-order chi connectivity index (χ0) is 11.3. The molecule has 0 atom stereocenters. The summed E-state index contributed by atoms with van der Waals surface area (Å²) in [5.41, 5.74) is -0.329. The van der Waals surface area contributed by atoms with Crippen LogP contribution in [0.2, 0.25) is 0 Å². The molecule has 0 radical (unpaired) electrons. The molecule has 1 aliphatic rings. The maximum absolute atomic E-state index is 12.7. The Morgan fingerprint density at radius 2 is 1.80 bits per heavy atom. The second-order valence-electron chi connectivity index (χ2n) is 4.72. The standard InChI is InChI=1S/C9H14BFN2O2/c1-8(2)9(3,4)15-10(14-8)6-5-12-7(11)13-6/h5H,1-4H3,(H,12,13). The van der Waals surface area contributed by atoms with Crippen molar-refractivity contribution in [2.45, 2.75) is 38.9 Å². The van der Waals surface area contributed by atoms with Crippen molar-refractivity contribution in [3.63, 3.8) is 0 Å². The lowest BCUT2D eigenvalue weighted by atomic mass is 9.86. The number of rotatable bonds is 1.